The fourth-order valence-corrected chi connectivity index (χ4v) is 7.25. The SMILES string of the molecule is C[C@@H](C(=O)NC(Cc1ccc(Oc2ccc(C(=O)O)cc2)cc1)C(=O)N1Cc2ccccc2CC1C(=O)NC1CCCc2ccccc21)N(C)C(=O)OC(C)(C)C. The maximum Gasteiger partial charge on any atom is 0.410 e. The van der Waals surface area contributed by atoms with Crippen LogP contribution in [0.25, 0.3) is 0 Å². The molecule has 2 aliphatic rings. The van der Waals surface area contributed by atoms with Crippen molar-refractivity contribution in [3.8, 4) is 11.5 Å². The van der Waals surface area contributed by atoms with Crippen molar-refractivity contribution in [1.29, 1.82) is 0 Å². The number of aromatic carboxylic acids is 1. The Kier molecular flexibility index (Phi) is 12.3. The molecule has 12 heteroatoms. The lowest BCUT2D eigenvalue weighted by Crippen LogP contribution is -2.60. The van der Waals surface area contributed by atoms with E-state index in [2.05, 4.69) is 16.7 Å². The summed E-state index contributed by atoms with van der Waals surface area (Å²) < 4.78 is 11.4. The van der Waals surface area contributed by atoms with Gasteiger partial charge in [-0.2, -0.15) is 0 Å². The first-order chi connectivity index (χ1) is 27.2. The second kappa shape index (κ2) is 17.3. The normalized spacial score (nSPS) is 17.2. The molecule has 4 atom stereocenters. The topological polar surface area (TPSA) is 155 Å². The number of rotatable bonds is 11. The molecule has 0 saturated heterocycles. The first kappa shape index (κ1) is 40.5. The van der Waals surface area contributed by atoms with Crippen LogP contribution in [0.4, 0.5) is 4.79 Å². The average Bonchev–Trinajstić information content (AvgIpc) is 3.19. The molecule has 6 rings (SSSR count). The number of carbonyl (C=O) groups excluding carboxylic acids is 4. The van der Waals surface area contributed by atoms with Gasteiger partial charge in [-0.3, -0.25) is 19.3 Å². The number of ether oxygens (including phenoxy) is 2. The van der Waals surface area contributed by atoms with Crippen molar-refractivity contribution < 1.29 is 38.6 Å². The molecule has 0 spiro atoms. The van der Waals surface area contributed by atoms with E-state index >= 15 is 0 Å². The van der Waals surface area contributed by atoms with Crippen LogP contribution in [0.2, 0.25) is 0 Å². The third-order valence-corrected chi connectivity index (χ3v) is 10.5. The Balaban J connectivity index is 1.27. The summed E-state index contributed by atoms with van der Waals surface area (Å²) in [6, 6.07) is 25.7. The van der Waals surface area contributed by atoms with E-state index in [1.807, 2.05) is 42.5 Å². The molecular formula is C45H50N4O8. The number of fused-ring (bicyclic) bond motifs is 2. The van der Waals surface area contributed by atoms with Crippen molar-refractivity contribution in [3.63, 3.8) is 0 Å². The van der Waals surface area contributed by atoms with E-state index in [0.29, 0.717) is 23.5 Å². The number of amides is 4. The number of nitrogens with one attached hydrogen (secondary N) is 2. The summed E-state index contributed by atoms with van der Waals surface area (Å²) in [6.45, 7) is 6.94. The van der Waals surface area contributed by atoms with Gasteiger partial charge >= 0.3 is 12.1 Å². The standard InChI is InChI=1S/C45H50N4O8/c1-28(48(5)44(55)57-45(2,3)4)40(50)47-38(25-29-17-21-34(22-18-29)56-35-23-19-31(20-24-35)43(53)54)42(52)49-27-33-13-7-6-12-32(33)26-39(49)41(51)46-37-16-10-14-30-11-8-9-15-36(30)37/h6-9,11-13,15,17-24,28,37-39H,10,14,16,25-27H2,1-5H3,(H,46,51)(H,47,50)(H,53,54)/t28-,37?,38?,39?/m0/s1. The number of hydrogen-bond acceptors (Lipinski definition) is 7. The Hall–Kier alpha value is -6.17. The number of carbonyl (C=O) groups is 5. The minimum Gasteiger partial charge on any atom is -0.478 e. The second-order valence-electron chi connectivity index (χ2n) is 15.7. The molecule has 1 heterocycles. The lowest BCUT2D eigenvalue weighted by atomic mass is 9.87. The van der Waals surface area contributed by atoms with Crippen molar-refractivity contribution in [3.05, 3.63) is 130 Å². The number of carboxylic acids is 1. The van der Waals surface area contributed by atoms with Gasteiger partial charge in [-0.05, 0) is 111 Å². The molecule has 1 aliphatic carbocycles. The highest BCUT2D eigenvalue weighted by Crippen LogP contribution is 2.31. The van der Waals surface area contributed by atoms with E-state index in [1.165, 1.54) is 29.6 Å². The lowest BCUT2D eigenvalue weighted by Gasteiger charge is -2.39. The zero-order valence-electron chi connectivity index (χ0n) is 33.0. The van der Waals surface area contributed by atoms with Gasteiger partial charge in [-0.15, -0.1) is 0 Å². The zero-order chi connectivity index (χ0) is 40.9. The van der Waals surface area contributed by atoms with Crippen molar-refractivity contribution in [2.24, 2.45) is 0 Å². The summed E-state index contributed by atoms with van der Waals surface area (Å²) in [5, 5.41) is 15.4. The van der Waals surface area contributed by atoms with Gasteiger partial charge in [-0.1, -0.05) is 60.7 Å². The minimum atomic E-state index is -1.11. The third kappa shape index (κ3) is 9.99. The molecule has 0 aromatic heterocycles. The second-order valence-corrected chi connectivity index (χ2v) is 15.7. The first-order valence-corrected chi connectivity index (χ1v) is 19.3. The fourth-order valence-electron chi connectivity index (χ4n) is 7.25. The molecule has 4 amide bonds. The summed E-state index contributed by atoms with van der Waals surface area (Å²) in [5.41, 5.74) is 4.25. The van der Waals surface area contributed by atoms with Crippen molar-refractivity contribution in [1.82, 2.24) is 20.4 Å². The Morgan fingerprint density at radius 2 is 1.47 bits per heavy atom. The number of nitrogens with zero attached hydrogens (tertiary/aromatic N) is 2. The van der Waals surface area contributed by atoms with Gasteiger partial charge in [0.1, 0.15) is 35.2 Å². The van der Waals surface area contributed by atoms with Crippen molar-refractivity contribution in [2.45, 2.75) is 96.1 Å². The highest BCUT2D eigenvalue weighted by Gasteiger charge is 2.40. The molecule has 0 bridgehead atoms. The molecule has 0 fully saturated rings. The number of carboxylic acid groups (broad SMARTS) is 1. The van der Waals surface area contributed by atoms with Gasteiger partial charge in [0.25, 0.3) is 0 Å². The molecule has 3 unspecified atom stereocenters. The van der Waals surface area contributed by atoms with E-state index in [9.17, 15) is 29.1 Å². The molecule has 3 N–H and O–H groups in total. The monoisotopic (exact) mass is 774 g/mol. The van der Waals surface area contributed by atoms with E-state index in [-0.39, 0.29) is 30.5 Å². The fraction of sp³-hybridized carbons (Fsp3) is 0.356. The summed E-state index contributed by atoms with van der Waals surface area (Å²) in [7, 11) is 1.47. The Bertz CT molecular complexity index is 2110. The van der Waals surface area contributed by atoms with E-state index in [1.54, 1.807) is 69.0 Å². The molecular weight excluding hydrogens is 725 g/mol. The lowest BCUT2D eigenvalue weighted by molar-refractivity contribution is -0.145. The Morgan fingerprint density at radius 3 is 2.12 bits per heavy atom. The van der Waals surface area contributed by atoms with E-state index in [0.717, 1.165) is 36.0 Å². The number of benzene rings is 4. The Morgan fingerprint density at radius 1 is 0.860 bits per heavy atom. The van der Waals surface area contributed by atoms with Gasteiger partial charge in [0.05, 0.1) is 11.6 Å². The largest absolute Gasteiger partial charge is 0.478 e. The van der Waals surface area contributed by atoms with Gasteiger partial charge in [0, 0.05) is 26.4 Å². The van der Waals surface area contributed by atoms with Crippen LogP contribution in [-0.2, 0) is 44.9 Å². The number of likely N-dealkylation sites (N-methyl/N-ethyl adjacent to an activating group) is 1. The third-order valence-electron chi connectivity index (χ3n) is 10.5. The summed E-state index contributed by atoms with van der Waals surface area (Å²) in [6.07, 6.45) is 2.36. The molecule has 4 aromatic rings. The Labute approximate surface area is 333 Å². The van der Waals surface area contributed by atoms with Crippen LogP contribution in [0.15, 0.2) is 97.1 Å². The van der Waals surface area contributed by atoms with Gasteiger partial charge in [-0.25, -0.2) is 9.59 Å². The highest BCUT2D eigenvalue weighted by atomic mass is 16.6. The maximum atomic E-state index is 14.9. The molecule has 57 heavy (non-hydrogen) atoms. The average molecular weight is 775 g/mol. The molecule has 298 valence electrons. The molecule has 0 radical (unpaired) electrons. The summed E-state index contributed by atoms with van der Waals surface area (Å²) in [5.74, 6) is -1.38. The van der Waals surface area contributed by atoms with Gasteiger partial charge in [0.2, 0.25) is 17.7 Å². The number of hydrogen-bond donors (Lipinski definition) is 3. The van der Waals surface area contributed by atoms with Crippen LogP contribution in [0.3, 0.4) is 0 Å². The van der Waals surface area contributed by atoms with E-state index in [4.69, 9.17) is 9.47 Å². The summed E-state index contributed by atoms with van der Waals surface area (Å²) in [4.78, 5) is 70.1. The van der Waals surface area contributed by atoms with Crippen LogP contribution in [0, 0.1) is 0 Å². The van der Waals surface area contributed by atoms with Crippen LogP contribution >= 0.6 is 0 Å². The number of aryl methyl sites for hydroxylation is 1. The molecule has 4 aromatic carbocycles. The predicted octanol–water partition coefficient (Wildman–Crippen LogP) is 6.61. The first-order valence-electron chi connectivity index (χ1n) is 19.3. The van der Waals surface area contributed by atoms with Crippen LogP contribution < -0.4 is 15.4 Å². The van der Waals surface area contributed by atoms with Crippen LogP contribution in [0.1, 0.15) is 84.8 Å². The molecule has 12 nitrogen and oxygen atoms in total. The van der Waals surface area contributed by atoms with Crippen molar-refractivity contribution >= 4 is 29.8 Å². The highest BCUT2D eigenvalue weighted by molar-refractivity contribution is 5.94. The van der Waals surface area contributed by atoms with Crippen molar-refractivity contribution in [2.75, 3.05) is 7.05 Å². The molecule has 0 saturated carbocycles. The molecule has 1 aliphatic heterocycles. The predicted molar refractivity (Wildman–Crippen MR) is 214 cm³/mol. The summed E-state index contributed by atoms with van der Waals surface area (Å²) >= 11 is 0. The van der Waals surface area contributed by atoms with Gasteiger partial charge < -0.3 is 30.1 Å². The zero-order valence-corrected chi connectivity index (χ0v) is 33.0. The van der Waals surface area contributed by atoms with Crippen LogP contribution in [-0.4, -0.2) is 75.5 Å². The van der Waals surface area contributed by atoms with Gasteiger partial charge in [0.15, 0.2) is 0 Å². The van der Waals surface area contributed by atoms with Crippen LogP contribution in [0.5, 0.6) is 11.5 Å². The van der Waals surface area contributed by atoms with E-state index < -0.39 is 47.6 Å². The smallest absolute Gasteiger partial charge is 0.410 e. The quantitative estimate of drug-likeness (QED) is 0.154. The minimum absolute atomic E-state index is 0.0729. The maximum absolute atomic E-state index is 14.9.